The first-order valence-electron chi connectivity index (χ1n) is 11.9. The molecular weight excluding hydrogens is 430 g/mol. The van der Waals surface area contributed by atoms with E-state index < -0.39 is 29.8 Å². The third-order valence-corrected chi connectivity index (χ3v) is 6.56. The summed E-state index contributed by atoms with van der Waals surface area (Å²) in [6.45, 7) is 4.69. The number of allylic oxidation sites excluding steroid dienone is 1. The van der Waals surface area contributed by atoms with Crippen LogP contribution in [-0.2, 0) is 20.7 Å². The quantitative estimate of drug-likeness (QED) is 0.487. The molecule has 1 saturated carbocycles. The fourth-order valence-electron chi connectivity index (χ4n) is 4.43. The molecule has 1 aliphatic heterocycles. The van der Waals surface area contributed by atoms with Crippen LogP contribution < -0.4 is 10.6 Å². The predicted octanol–water partition coefficient (Wildman–Crippen LogP) is 3.23. The van der Waals surface area contributed by atoms with Crippen LogP contribution in [0.2, 0.25) is 0 Å². The smallest absolute Gasteiger partial charge is 0.246 e. The zero-order valence-corrected chi connectivity index (χ0v) is 19.5. The van der Waals surface area contributed by atoms with Crippen LogP contribution in [0.25, 0.3) is 0 Å². The molecule has 0 aromatic heterocycles. The summed E-state index contributed by atoms with van der Waals surface area (Å²) in [5.74, 6) is -1.17. The number of halogens is 2. The van der Waals surface area contributed by atoms with E-state index in [2.05, 4.69) is 10.6 Å². The van der Waals surface area contributed by atoms with E-state index in [1.807, 2.05) is 0 Å². The molecule has 0 radical (unpaired) electrons. The molecule has 3 rings (SSSR count). The highest BCUT2D eigenvalue weighted by molar-refractivity contribution is 5.92. The summed E-state index contributed by atoms with van der Waals surface area (Å²) in [5, 5.41) is 17.1. The Labute approximate surface area is 194 Å². The predicted molar refractivity (Wildman–Crippen MR) is 121 cm³/mol. The van der Waals surface area contributed by atoms with Gasteiger partial charge in [-0.2, -0.15) is 0 Å². The van der Waals surface area contributed by atoms with Crippen LogP contribution in [0, 0.1) is 17.6 Å². The molecule has 8 heteroatoms. The summed E-state index contributed by atoms with van der Waals surface area (Å²) >= 11 is 0. The molecule has 4 atom stereocenters. The Morgan fingerprint density at radius 3 is 2.58 bits per heavy atom. The van der Waals surface area contributed by atoms with Gasteiger partial charge in [-0.15, -0.1) is 0 Å². The fourth-order valence-corrected chi connectivity index (χ4v) is 4.43. The van der Waals surface area contributed by atoms with E-state index in [0.717, 1.165) is 6.07 Å². The Bertz CT molecular complexity index is 785. The Kier molecular flexibility index (Phi) is 9.79. The Morgan fingerprint density at radius 2 is 1.97 bits per heavy atom. The highest BCUT2D eigenvalue weighted by Gasteiger charge is 2.33. The lowest BCUT2D eigenvalue weighted by atomic mass is 9.90. The van der Waals surface area contributed by atoms with Gasteiger partial charge in [0.15, 0.2) is 6.29 Å². The van der Waals surface area contributed by atoms with E-state index in [4.69, 9.17) is 9.47 Å². The van der Waals surface area contributed by atoms with E-state index in [0.29, 0.717) is 30.2 Å². The van der Waals surface area contributed by atoms with Crippen LogP contribution in [0.4, 0.5) is 8.78 Å². The summed E-state index contributed by atoms with van der Waals surface area (Å²) in [6.07, 6.45) is 6.49. The van der Waals surface area contributed by atoms with Gasteiger partial charge in [-0.05, 0) is 56.7 Å². The van der Waals surface area contributed by atoms with Gasteiger partial charge >= 0.3 is 0 Å². The average molecular weight is 467 g/mol. The Morgan fingerprint density at radius 1 is 1.27 bits per heavy atom. The minimum atomic E-state index is -1.04. The van der Waals surface area contributed by atoms with E-state index >= 15 is 0 Å². The summed E-state index contributed by atoms with van der Waals surface area (Å²) in [5.41, 5.74) is 0.835. The molecule has 3 N–H and O–H groups in total. The lowest BCUT2D eigenvalue weighted by Gasteiger charge is -2.37. The van der Waals surface area contributed by atoms with Gasteiger partial charge in [0.2, 0.25) is 5.91 Å². The lowest BCUT2D eigenvalue weighted by Crippen LogP contribution is -2.59. The van der Waals surface area contributed by atoms with Gasteiger partial charge in [-0.25, -0.2) is 8.78 Å². The molecule has 0 unspecified atom stereocenters. The van der Waals surface area contributed by atoms with Crippen molar-refractivity contribution in [1.29, 1.82) is 0 Å². The molecule has 0 spiro atoms. The second kappa shape index (κ2) is 12.6. The number of ether oxygens (including phenoxy) is 2. The zero-order chi connectivity index (χ0) is 23.8. The van der Waals surface area contributed by atoms with Crippen LogP contribution >= 0.6 is 0 Å². The number of rotatable bonds is 9. The maximum Gasteiger partial charge on any atom is 0.246 e. The molecule has 1 aliphatic carbocycles. The SMILES string of the molecule is C/C=C(\C)C(=O)N[C@@H](Cc1cc(F)cc(F)c1)[C@H](O)[C@H]1CO[C@@H](OCC2CCCCC2)CN1. The fraction of sp³-hybridized carbons (Fsp3) is 0.640. The molecular formula is C25H36F2N2O4. The van der Waals surface area contributed by atoms with Crippen LogP contribution in [0.5, 0.6) is 0 Å². The number of aliphatic hydroxyl groups excluding tert-OH is 1. The van der Waals surface area contributed by atoms with E-state index in [1.54, 1.807) is 19.9 Å². The van der Waals surface area contributed by atoms with Crippen LogP contribution in [-0.4, -0.2) is 55.2 Å². The third kappa shape index (κ3) is 7.84. The third-order valence-electron chi connectivity index (χ3n) is 6.56. The molecule has 6 nitrogen and oxygen atoms in total. The number of hydrogen-bond acceptors (Lipinski definition) is 5. The summed E-state index contributed by atoms with van der Waals surface area (Å²) < 4.78 is 39.1. The molecule has 2 aliphatic rings. The molecule has 1 aromatic rings. The standard InChI is InChI=1S/C25H36F2N2O4/c1-3-16(2)25(31)29-21(11-18-9-19(26)12-20(27)10-18)24(30)22-15-33-23(13-28-22)32-14-17-7-5-4-6-8-17/h3,9-10,12,17,21-24,28,30H,4-8,11,13-15H2,1-2H3,(H,29,31)/b16-3+/t21-,22+,23+,24-/m0/s1. The van der Waals surface area contributed by atoms with E-state index in [-0.39, 0.29) is 25.2 Å². The van der Waals surface area contributed by atoms with Crippen molar-refractivity contribution in [3.8, 4) is 0 Å². The van der Waals surface area contributed by atoms with Crippen molar-refractivity contribution in [2.45, 2.75) is 76.9 Å². The van der Waals surface area contributed by atoms with Crippen molar-refractivity contribution in [2.75, 3.05) is 19.8 Å². The minimum absolute atomic E-state index is 0.0678. The molecule has 184 valence electrons. The number of aliphatic hydroxyl groups is 1. The summed E-state index contributed by atoms with van der Waals surface area (Å²) in [7, 11) is 0. The van der Waals surface area contributed by atoms with Crippen LogP contribution in [0.3, 0.4) is 0 Å². The van der Waals surface area contributed by atoms with Crippen molar-refractivity contribution in [2.24, 2.45) is 5.92 Å². The second-order valence-electron chi connectivity index (χ2n) is 9.14. The maximum atomic E-state index is 13.7. The van der Waals surface area contributed by atoms with Crippen molar-refractivity contribution in [3.63, 3.8) is 0 Å². The first-order chi connectivity index (χ1) is 15.9. The first kappa shape index (κ1) is 25.7. The second-order valence-corrected chi connectivity index (χ2v) is 9.14. The van der Waals surface area contributed by atoms with Gasteiger partial charge in [-0.3, -0.25) is 4.79 Å². The van der Waals surface area contributed by atoms with Crippen molar-refractivity contribution < 1.29 is 28.2 Å². The molecule has 1 heterocycles. The number of hydrogen-bond donors (Lipinski definition) is 3. The first-order valence-corrected chi connectivity index (χ1v) is 11.9. The van der Waals surface area contributed by atoms with Crippen molar-refractivity contribution in [1.82, 2.24) is 10.6 Å². The molecule has 1 saturated heterocycles. The van der Waals surface area contributed by atoms with E-state index in [1.165, 1.54) is 44.2 Å². The largest absolute Gasteiger partial charge is 0.389 e. The number of nitrogens with one attached hydrogen (secondary N) is 2. The summed E-state index contributed by atoms with van der Waals surface area (Å²) in [4.78, 5) is 12.5. The minimum Gasteiger partial charge on any atom is -0.389 e. The number of benzene rings is 1. The molecule has 33 heavy (non-hydrogen) atoms. The molecule has 0 bridgehead atoms. The molecule has 1 aromatic carbocycles. The van der Waals surface area contributed by atoms with Crippen molar-refractivity contribution >= 4 is 5.91 Å². The highest BCUT2D eigenvalue weighted by Crippen LogP contribution is 2.24. The van der Waals surface area contributed by atoms with Gasteiger partial charge < -0.3 is 25.2 Å². The van der Waals surface area contributed by atoms with Crippen LogP contribution in [0.1, 0.15) is 51.5 Å². The van der Waals surface area contributed by atoms with Crippen molar-refractivity contribution in [3.05, 3.63) is 47.0 Å². The normalized spacial score (nSPS) is 24.3. The maximum absolute atomic E-state index is 13.7. The average Bonchev–Trinajstić information content (AvgIpc) is 2.81. The Hall–Kier alpha value is -1.87. The number of morpholine rings is 1. The number of amides is 1. The molecule has 1 amide bonds. The highest BCUT2D eigenvalue weighted by atomic mass is 19.1. The Balaban J connectivity index is 1.59. The summed E-state index contributed by atoms with van der Waals surface area (Å²) in [6, 6.07) is 1.97. The monoisotopic (exact) mass is 466 g/mol. The number of carbonyl (C=O) groups excluding carboxylic acids is 1. The van der Waals surface area contributed by atoms with Gasteiger partial charge in [-0.1, -0.05) is 25.3 Å². The van der Waals surface area contributed by atoms with Gasteiger partial charge in [0, 0.05) is 18.2 Å². The lowest BCUT2D eigenvalue weighted by molar-refractivity contribution is -0.179. The topological polar surface area (TPSA) is 79.8 Å². The zero-order valence-electron chi connectivity index (χ0n) is 19.5. The van der Waals surface area contributed by atoms with E-state index in [9.17, 15) is 18.7 Å². The van der Waals surface area contributed by atoms with Gasteiger partial charge in [0.05, 0.1) is 31.4 Å². The van der Waals surface area contributed by atoms with Crippen LogP contribution in [0.15, 0.2) is 29.8 Å². The molecule has 2 fully saturated rings. The number of carbonyl (C=O) groups is 1. The van der Waals surface area contributed by atoms with Gasteiger partial charge in [0.25, 0.3) is 0 Å². The van der Waals surface area contributed by atoms with Gasteiger partial charge in [0.1, 0.15) is 11.6 Å².